The maximum Gasteiger partial charge on any atom is 0.215 e. The predicted octanol–water partition coefficient (Wildman–Crippen LogP) is 1.96. The van der Waals surface area contributed by atoms with Crippen LogP contribution in [-0.2, 0) is 0 Å². The highest BCUT2D eigenvalue weighted by Gasteiger charge is 1.97. The average molecular weight is 162 g/mol. The molecule has 2 heterocycles. The van der Waals surface area contributed by atoms with Crippen molar-refractivity contribution in [1.82, 2.24) is 9.97 Å². The quantitative estimate of drug-likeness (QED) is 0.733. The summed E-state index contributed by atoms with van der Waals surface area (Å²) in [7, 11) is 0. The lowest BCUT2D eigenvalue weighted by Gasteiger charge is -1.99. The summed E-state index contributed by atoms with van der Waals surface area (Å²) in [6.07, 6.45) is 1.87. The maximum atomic E-state index is 5.25. The van der Waals surface area contributed by atoms with Gasteiger partial charge in [0.2, 0.25) is 5.88 Å². The van der Waals surface area contributed by atoms with Crippen LogP contribution in [0.15, 0.2) is 24.4 Å². The van der Waals surface area contributed by atoms with Crippen LogP contribution in [0.4, 0.5) is 0 Å². The first-order chi connectivity index (χ1) is 5.90. The highest BCUT2D eigenvalue weighted by molar-refractivity contribution is 5.75. The number of ether oxygens (including phenoxy) is 1. The second-order valence-electron chi connectivity index (χ2n) is 2.50. The summed E-state index contributed by atoms with van der Waals surface area (Å²) in [6.45, 7) is 2.60. The first kappa shape index (κ1) is 7.16. The Morgan fingerprint density at radius 3 is 3.17 bits per heavy atom. The summed E-state index contributed by atoms with van der Waals surface area (Å²) in [6, 6.07) is 5.85. The molecule has 2 aromatic heterocycles. The lowest BCUT2D eigenvalue weighted by Crippen LogP contribution is -1.93. The van der Waals surface area contributed by atoms with Crippen LogP contribution in [0.5, 0.6) is 5.88 Å². The molecule has 2 aromatic rings. The van der Waals surface area contributed by atoms with E-state index in [9.17, 15) is 0 Å². The summed E-state index contributed by atoms with van der Waals surface area (Å²) in [4.78, 5) is 7.27. The largest absolute Gasteiger partial charge is 0.478 e. The molecular formula is C9H10N2O. The lowest BCUT2D eigenvalue weighted by atomic mass is 10.3. The van der Waals surface area contributed by atoms with Crippen molar-refractivity contribution >= 4 is 11.0 Å². The number of hydrogen-bond donors (Lipinski definition) is 1. The van der Waals surface area contributed by atoms with Gasteiger partial charge in [-0.2, -0.15) is 4.98 Å². The minimum atomic E-state index is 0.652. The Balaban J connectivity index is 2.46. The van der Waals surface area contributed by atoms with Crippen molar-refractivity contribution in [2.24, 2.45) is 0 Å². The molecule has 0 fully saturated rings. The Bertz CT molecular complexity index is 381. The first-order valence-electron chi connectivity index (χ1n) is 3.97. The van der Waals surface area contributed by atoms with Gasteiger partial charge in [-0.1, -0.05) is 0 Å². The van der Waals surface area contributed by atoms with Crippen LogP contribution in [0, 0.1) is 0 Å². The average Bonchev–Trinajstić information content (AvgIpc) is 2.51. The third kappa shape index (κ3) is 1.13. The molecule has 0 bridgehead atoms. The highest BCUT2D eigenvalue weighted by atomic mass is 16.5. The molecule has 0 amide bonds. The van der Waals surface area contributed by atoms with Gasteiger partial charge in [0.05, 0.1) is 6.61 Å². The molecular weight excluding hydrogens is 152 g/mol. The van der Waals surface area contributed by atoms with Crippen molar-refractivity contribution in [3.05, 3.63) is 24.4 Å². The molecule has 3 heteroatoms. The second-order valence-corrected chi connectivity index (χ2v) is 2.50. The molecule has 3 nitrogen and oxygen atoms in total. The molecule has 1 N–H and O–H groups in total. The van der Waals surface area contributed by atoms with E-state index in [-0.39, 0.29) is 0 Å². The van der Waals surface area contributed by atoms with Gasteiger partial charge in [-0.05, 0) is 19.1 Å². The Morgan fingerprint density at radius 2 is 2.33 bits per heavy atom. The number of aromatic nitrogens is 2. The van der Waals surface area contributed by atoms with Crippen molar-refractivity contribution < 1.29 is 4.74 Å². The fourth-order valence-corrected chi connectivity index (χ4v) is 1.14. The van der Waals surface area contributed by atoms with E-state index in [2.05, 4.69) is 9.97 Å². The normalized spacial score (nSPS) is 10.4. The molecule has 0 aliphatic carbocycles. The number of aromatic amines is 1. The molecule has 62 valence electrons. The maximum absolute atomic E-state index is 5.25. The van der Waals surface area contributed by atoms with Crippen molar-refractivity contribution in [2.75, 3.05) is 6.61 Å². The van der Waals surface area contributed by atoms with E-state index in [1.165, 1.54) is 0 Å². The monoisotopic (exact) mass is 162 g/mol. The van der Waals surface area contributed by atoms with E-state index in [1.807, 2.05) is 31.3 Å². The van der Waals surface area contributed by atoms with Gasteiger partial charge in [0.25, 0.3) is 0 Å². The van der Waals surface area contributed by atoms with Gasteiger partial charge in [-0.3, -0.25) is 0 Å². The zero-order valence-corrected chi connectivity index (χ0v) is 6.87. The smallest absolute Gasteiger partial charge is 0.215 e. The molecule has 12 heavy (non-hydrogen) atoms. The Labute approximate surface area is 70.4 Å². The van der Waals surface area contributed by atoms with E-state index in [0.29, 0.717) is 12.5 Å². The van der Waals surface area contributed by atoms with E-state index in [0.717, 1.165) is 11.0 Å². The topological polar surface area (TPSA) is 37.9 Å². The van der Waals surface area contributed by atoms with Gasteiger partial charge < -0.3 is 9.72 Å². The second kappa shape index (κ2) is 2.85. The molecule has 0 aliphatic heterocycles. The van der Waals surface area contributed by atoms with Crippen LogP contribution in [0.25, 0.3) is 11.0 Å². The lowest BCUT2D eigenvalue weighted by molar-refractivity contribution is 0.328. The van der Waals surface area contributed by atoms with Crippen LogP contribution < -0.4 is 4.74 Å². The molecule has 0 aromatic carbocycles. The Morgan fingerprint density at radius 1 is 1.42 bits per heavy atom. The van der Waals surface area contributed by atoms with Gasteiger partial charge in [0, 0.05) is 17.6 Å². The highest BCUT2D eigenvalue weighted by Crippen LogP contribution is 2.14. The van der Waals surface area contributed by atoms with Crippen LogP contribution in [0.1, 0.15) is 6.92 Å². The summed E-state index contributed by atoms with van der Waals surface area (Å²) in [5, 5.41) is 1.11. The Kier molecular flexibility index (Phi) is 1.70. The third-order valence-electron chi connectivity index (χ3n) is 1.68. The number of fused-ring (bicyclic) bond motifs is 1. The zero-order valence-electron chi connectivity index (χ0n) is 6.87. The number of nitrogens with zero attached hydrogens (tertiary/aromatic N) is 1. The predicted molar refractivity (Wildman–Crippen MR) is 47.3 cm³/mol. The van der Waals surface area contributed by atoms with Gasteiger partial charge >= 0.3 is 0 Å². The van der Waals surface area contributed by atoms with Crippen LogP contribution in [0.2, 0.25) is 0 Å². The molecule has 0 aliphatic rings. The first-order valence-corrected chi connectivity index (χ1v) is 3.97. The van der Waals surface area contributed by atoms with Gasteiger partial charge in [0.1, 0.15) is 5.65 Å². The molecule has 0 saturated heterocycles. The fraction of sp³-hybridized carbons (Fsp3) is 0.222. The molecule has 2 rings (SSSR count). The van der Waals surface area contributed by atoms with E-state index < -0.39 is 0 Å². The van der Waals surface area contributed by atoms with E-state index in [4.69, 9.17) is 4.74 Å². The SMILES string of the molecule is CCOc1ccc2cc[nH]c2n1. The van der Waals surface area contributed by atoms with Gasteiger partial charge in [-0.25, -0.2) is 0 Å². The van der Waals surface area contributed by atoms with Crippen LogP contribution >= 0.6 is 0 Å². The fourth-order valence-electron chi connectivity index (χ4n) is 1.14. The van der Waals surface area contributed by atoms with E-state index in [1.54, 1.807) is 0 Å². The number of hydrogen-bond acceptors (Lipinski definition) is 2. The molecule has 0 atom stereocenters. The van der Waals surface area contributed by atoms with Gasteiger partial charge in [-0.15, -0.1) is 0 Å². The Hall–Kier alpha value is -1.51. The number of pyridine rings is 1. The molecule has 0 radical (unpaired) electrons. The van der Waals surface area contributed by atoms with Crippen LogP contribution in [0.3, 0.4) is 0 Å². The molecule has 0 spiro atoms. The standard InChI is InChI=1S/C9H10N2O/c1-2-12-8-4-3-7-5-6-10-9(7)11-8/h3-6H,2H2,1H3,(H,10,11). The number of H-pyrrole nitrogens is 1. The van der Waals surface area contributed by atoms with Crippen molar-refractivity contribution in [1.29, 1.82) is 0 Å². The number of nitrogens with one attached hydrogen (secondary N) is 1. The van der Waals surface area contributed by atoms with Crippen LogP contribution in [-0.4, -0.2) is 16.6 Å². The zero-order chi connectivity index (χ0) is 8.39. The summed E-state index contributed by atoms with van der Waals surface area (Å²) in [5.41, 5.74) is 0.876. The summed E-state index contributed by atoms with van der Waals surface area (Å²) >= 11 is 0. The summed E-state index contributed by atoms with van der Waals surface area (Å²) in [5.74, 6) is 0.674. The summed E-state index contributed by atoms with van der Waals surface area (Å²) < 4.78 is 5.25. The third-order valence-corrected chi connectivity index (χ3v) is 1.68. The number of rotatable bonds is 2. The molecule has 0 saturated carbocycles. The minimum Gasteiger partial charge on any atom is -0.478 e. The van der Waals surface area contributed by atoms with E-state index >= 15 is 0 Å². The van der Waals surface area contributed by atoms with Crippen molar-refractivity contribution in [3.8, 4) is 5.88 Å². The van der Waals surface area contributed by atoms with Crippen molar-refractivity contribution in [2.45, 2.75) is 6.92 Å². The minimum absolute atomic E-state index is 0.652. The molecule has 0 unspecified atom stereocenters. The van der Waals surface area contributed by atoms with Gasteiger partial charge in [0.15, 0.2) is 0 Å². The van der Waals surface area contributed by atoms with Crippen molar-refractivity contribution in [3.63, 3.8) is 0 Å².